The van der Waals surface area contributed by atoms with Crippen molar-refractivity contribution in [2.45, 2.75) is 18.9 Å². The number of hydrogen-bond donors (Lipinski definition) is 1. The molecule has 0 spiro atoms. The summed E-state index contributed by atoms with van der Waals surface area (Å²) in [6.45, 7) is 0. The molecule has 1 saturated carbocycles. The highest BCUT2D eigenvalue weighted by molar-refractivity contribution is 5.93. The number of hydrogen-bond acceptors (Lipinski definition) is 2. The SMILES string of the molecule is O=C(O)c1ccc2nn(C3CC3)cc2c1. The minimum atomic E-state index is -0.893. The Morgan fingerprint density at radius 2 is 2.27 bits per heavy atom. The lowest BCUT2D eigenvalue weighted by atomic mass is 10.2. The summed E-state index contributed by atoms with van der Waals surface area (Å²) in [5.41, 5.74) is 1.18. The Hall–Kier alpha value is -1.84. The van der Waals surface area contributed by atoms with Gasteiger partial charge < -0.3 is 5.11 Å². The fraction of sp³-hybridized carbons (Fsp3) is 0.273. The number of benzene rings is 1. The third-order valence-corrected chi connectivity index (χ3v) is 2.69. The van der Waals surface area contributed by atoms with Gasteiger partial charge in [-0.3, -0.25) is 4.68 Å². The molecule has 1 aromatic heterocycles. The molecular formula is C11H10N2O2. The highest BCUT2D eigenvalue weighted by Gasteiger charge is 2.24. The van der Waals surface area contributed by atoms with Crippen molar-refractivity contribution in [1.82, 2.24) is 9.78 Å². The van der Waals surface area contributed by atoms with Gasteiger partial charge in [0.1, 0.15) is 0 Å². The van der Waals surface area contributed by atoms with E-state index in [1.54, 1.807) is 18.2 Å². The van der Waals surface area contributed by atoms with Crippen LogP contribution in [0.4, 0.5) is 0 Å². The third kappa shape index (κ3) is 1.38. The average Bonchev–Trinajstić information content (AvgIpc) is 2.97. The summed E-state index contributed by atoms with van der Waals surface area (Å²) in [7, 11) is 0. The predicted molar refractivity (Wildman–Crippen MR) is 55.0 cm³/mol. The molecule has 0 unspecified atom stereocenters. The molecule has 1 aromatic carbocycles. The monoisotopic (exact) mass is 202 g/mol. The molecule has 0 bridgehead atoms. The van der Waals surface area contributed by atoms with Crippen molar-refractivity contribution in [2.24, 2.45) is 0 Å². The summed E-state index contributed by atoms with van der Waals surface area (Å²) >= 11 is 0. The Labute approximate surface area is 86.1 Å². The number of fused-ring (bicyclic) bond motifs is 1. The maximum absolute atomic E-state index is 10.8. The van der Waals surface area contributed by atoms with Gasteiger partial charge >= 0.3 is 5.97 Å². The van der Waals surface area contributed by atoms with Crippen LogP contribution in [0.25, 0.3) is 10.9 Å². The molecule has 1 fully saturated rings. The largest absolute Gasteiger partial charge is 0.478 e. The molecule has 4 heteroatoms. The van der Waals surface area contributed by atoms with Crippen LogP contribution in [0.1, 0.15) is 29.2 Å². The van der Waals surface area contributed by atoms with Crippen molar-refractivity contribution < 1.29 is 9.90 Å². The standard InChI is InChI=1S/C11H10N2O2/c14-11(15)7-1-4-10-8(5-7)6-13(12-10)9-2-3-9/h1,4-6,9H,2-3H2,(H,14,15). The minimum absolute atomic E-state index is 0.317. The Morgan fingerprint density at radius 3 is 2.93 bits per heavy atom. The molecule has 76 valence electrons. The van der Waals surface area contributed by atoms with Crippen molar-refractivity contribution in [3.05, 3.63) is 30.0 Å². The zero-order chi connectivity index (χ0) is 10.4. The topological polar surface area (TPSA) is 55.1 Å². The van der Waals surface area contributed by atoms with Gasteiger partial charge in [0.25, 0.3) is 0 Å². The molecule has 4 nitrogen and oxygen atoms in total. The van der Waals surface area contributed by atoms with Crippen molar-refractivity contribution >= 4 is 16.9 Å². The van der Waals surface area contributed by atoms with Gasteiger partial charge in [-0.15, -0.1) is 0 Å². The van der Waals surface area contributed by atoms with Crippen LogP contribution in [0.2, 0.25) is 0 Å². The van der Waals surface area contributed by atoms with Crippen LogP contribution < -0.4 is 0 Å². The van der Waals surface area contributed by atoms with Crippen molar-refractivity contribution in [3.8, 4) is 0 Å². The highest BCUT2D eigenvalue weighted by atomic mass is 16.4. The zero-order valence-electron chi connectivity index (χ0n) is 8.05. The number of carboxylic acid groups (broad SMARTS) is 1. The number of carboxylic acids is 1. The molecule has 2 aromatic rings. The Kier molecular flexibility index (Phi) is 1.59. The number of aromatic nitrogens is 2. The molecule has 0 atom stereocenters. The summed E-state index contributed by atoms with van der Waals surface area (Å²) in [5, 5.41) is 14.1. The fourth-order valence-electron chi connectivity index (χ4n) is 1.70. The Morgan fingerprint density at radius 1 is 1.47 bits per heavy atom. The van der Waals surface area contributed by atoms with E-state index in [4.69, 9.17) is 5.11 Å². The first-order chi connectivity index (χ1) is 7.24. The first-order valence-corrected chi connectivity index (χ1v) is 4.96. The summed E-state index contributed by atoms with van der Waals surface area (Å²) in [6, 6.07) is 5.56. The maximum Gasteiger partial charge on any atom is 0.335 e. The minimum Gasteiger partial charge on any atom is -0.478 e. The van der Waals surface area contributed by atoms with E-state index in [0.29, 0.717) is 11.6 Å². The molecule has 3 rings (SSSR count). The lowest BCUT2D eigenvalue weighted by Crippen LogP contribution is -1.94. The third-order valence-electron chi connectivity index (χ3n) is 2.69. The number of aromatic carboxylic acids is 1. The van der Waals surface area contributed by atoms with Gasteiger partial charge in [-0.2, -0.15) is 5.10 Å². The van der Waals surface area contributed by atoms with Gasteiger partial charge in [-0.25, -0.2) is 4.79 Å². The number of carbonyl (C=O) groups is 1. The van der Waals surface area contributed by atoms with Crippen molar-refractivity contribution in [2.75, 3.05) is 0 Å². The Bertz CT molecular complexity index is 541. The Balaban J connectivity index is 2.13. The first-order valence-electron chi connectivity index (χ1n) is 4.96. The second-order valence-corrected chi connectivity index (χ2v) is 3.92. The molecule has 0 amide bonds. The molecule has 0 radical (unpaired) electrons. The molecular weight excluding hydrogens is 192 g/mol. The fourth-order valence-corrected chi connectivity index (χ4v) is 1.70. The first kappa shape index (κ1) is 8.47. The van der Waals surface area contributed by atoms with E-state index in [1.165, 1.54) is 12.8 Å². The van der Waals surface area contributed by atoms with Crippen LogP contribution in [0.3, 0.4) is 0 Å². The molecule has 15 heavy (non-hydrogen) atoms. The van der Waals surface area contributed by atoms with Gasteiger partial charge in [0.05, 0.1) is 17.1 Å². The van der Waals surface area contributed by atoms with Gasteiger partial charge in [-0.1, -0.05) is 0 Å². The second kappa shape index (κ2) is 2.82. The van der Waals surface area contributed by atoms with E-state index in [9.17, 15) is 4.79 Å². The summed E-state index contributed by atoms with van der Waals surface area (Å²) in [4.78, 5) is 10.8. The molecule has 1 aliphatic carbocycles. The quantitative estimate of drug-likeness (QED) is 0.811. The van der Waals surface area contributed by atoms with Crippen LogP contribution in [0.5, 0.6) is 0 Å². The molecule has 1 heterocycles. The lowest BCUT2D eigenvalue weighted by molar-refractivity contribution is 0.0697. The average molecular weight is 202 g/mol. The van der Waals surface area contributed by atoms with Crippen LogP contribution in [0, 0.1) is 0 Å². The zero-order valence-corrected chi connectivity index (χ0v) is 8.05. The number of rotatable bonds is 2. The van der Waals surface area contributed by atoms with Gasteiger partial charge in [0.2, 0.25) is 0 Å². The molecule has 0 aliphatic heterocycles. The van der Waals surface area contributed by atoms with Crippen molar-refractivity contribution in [3.63, 3.8) is 0 Å². The van der Waals surface area contributed by atoms with Crippen molar-refractivity contribution in [1.29, 1.82) is 0 Å². The van der Waals surface area contributed by atoms with E-state index in [0.717, 1.165) is 10.9 Å². The summed E-state index contributed by atoms with van der Waals surface area (Å²) < 4.78 is 1.94. The van der Waals surface area contributed by atoms with E-state index >= 15 is 0 Å². The van der Waals surface area contributed by atoms with Gasteiger partial charge in [-0.05, 0) is 31.0 Å². The normalized spacial score (nSPS) is 15.7. The molecule has 1 aliphatic rings. The van der Waals surface area contributed by atoms with E-state index in [2.05, 4.69) is 5.10 Å². The summed E-state index contributed by atoms with van der Waals surface area (Å²) in [5.74, 6) is -0.893. The smallest absolute Gasteiger partial charge is 0.335 e. The molecule has 1 N–H and O–H groups in total. The lowest BCUT2D eigenvalue weighted by Gasteiger charge is -1.91. The van der Waals surface area contributed by atoms with E-state index < -0.39 is 5.97 Å². The summed E-state index contributed by atoms with van der Waals surface area (Å²) in [6.07, 6.45) is 4.29. The molecule has 0 saturated heterocycles. The van der Waals surface area contributed by atoms with Crippen LogP contribution in [-0.2, 0) is 0 Å². The second-order valence-electron chi connectivity index (χ2n) is 3.92. The van der Waals surface area contributed by atoms with Gasteiger partial charge in [0, 0.05) is 11.6 Å². The van der Waals surface area contributed by atoms with E-state index in [1.807, 2.05) is 10.9 Å². The predicted octanol–water partition coefficient (Wildman–Crippen LogP) is 2.07. The van der Waals surface area contributed by atoms with Gasteiger partial charge in [0.15, 0.2) is 0 Å². The number of nitrogens with zero attached hydrogens (tertiary/aromatic N) is 2. The van der Waals surface area contributed by atoms with Crippen LogP contribution in [-0.4, -0.2) is 20.9 Å². The van der Waals surface area contributed by atoms with Crippen LogP contribution >= 0.6 is 0 Å². The van der Waals surface area contributed by atoms with E-state index in [-0.39, 0.29) is 0 Å². The van der Waals surface area contributed by atoms with Crippen LogP contribution in [0.15, 0.2) is 24.4 Å². The maximum atomic E-state index is 10.8. The highest BCUT2D eigenvalue weighted by Crippen LogP contribution is 2.35.